The first-order valence-corrected chi connectivity index (χ1v) is 15.5. The number of carboxylic acid groups (broad SMARTS) is 1. The summed E-state index contributed by atoms with van der Waals surface area (Å²) in [5, 5.41) is 10.6. The minimum atomic E-state index is -0.964. The highest BCUT2D eigenvalue weighted by atomic mass is 16.5. The van der Waals surface area contributed by atoms with Gasteiger partial charge in [0, 0.05) is 12.4 Å². The molecule has 0 radical (unpaired) electrons. The maximum absolute atomic E-state index is 12.0. The molecule has 0 spiro atoms. The van der Waals surface area contributed by atoms with E-state index in [-0.39, 0.29) is 18.5 Å². The Morgan fingerprint density at radius 3 is 1.56 bits per heavy atom. The smallest absolute Gasteiger partial charge is 0.305 e. The minimum Gasteiger partial charge on any atom is -0.550 e. The van der Waals surface area contributed by atoms with Crippen molar-refractivity contribution in [2.75, 3.05) is 27.2 Å². The van der Waals surface area contributed by atoms with E-state index in [4.69, 9.17) is 4.74 Å². The van der Waals surface area contributed by atoms with Gasteiger partial charge in [0.1, 0.15) is 6.54 Å². The monoisotopic (exact) mass is 511 g/mol. The van der Waals surface area contributed by atoms with Gasteiger partial charge in [-0.25, -0.2) is 0 Å². The molecule has 0 aromatic heterocycles. The van der Waals surface area contributed by atoms with Crippen molar-refractivity contribution >= 4 is 11.9 Å². The van der Waals surface area contributed by atoms with Gasteiger partial charge >= 0.3 is 5.97 Å². The fourth-order valence-corrected chi connectivity index (χ4v) is 5.01. The number of hydrogen-bond acceptors (Lipinski definition) is 4. The van der Waals surface area contributed by atoms with Crippen molar-refractivity contribution in [3.63, 3.8) is 0 Å². The molecule has 1 atom stereocenters. The molecule has 0 saturated carbocycles. The molecule has 1 unspecified atom stereocenters. The normalized spacial score (nSPS) is 12.6. The number of carbonyl (C=O) groups excluding carboxylic acids is 2. The zero-order chi connectivity index (χ0) is 26.9. The molecule has 5 nitrogen and oxygen atoms in total. The predicted octanol–water partition coefficient (Wildman–Crippen LogP) is 7.35. The van der Waals surface area contributed by atoms with Gasteiger partial charge in [-0.05, 0) is 38.5 Å². The maximum Gasteiger partial charge on any atom is 0.305 e. The molecule has 0 N–H and O–H groups in total. The lowest BCUT2D eigenvalue weighted by Gasteiger charge is -2.33. The standard InChI is InChI=1S/C31H61NO4/c1-5-7-8-9-10-11-12-13-14-15-16-17-18-19-20-22-25-29(36-31(35)6-2)28-32(3,4)27-24-21-23-26-30(33)34/h29H,5-28H2,1-4H3. The molecule has 0 aromatic carbocycles. The number of ether oxygens (including phenoxy) is 1. The first-order chi connectivity index (χ1) is 17.3. The van der Waals surface area contributed by atoms with Crippen LogP contribution in [0.5, 0.6) is 0 Å². The molecule has 5 heteroatoms. The molecule has 0 heterocycles. The molecule has 0 aliphatic heterocycles. The second-order valence-electron chi connectivity index (χ2n) is 11.6. The Morgan fingerprint density at radius 2 is 1.11 bits per heavy atom. The molecule has 0 amide bonds. The van der Waals surface area contributed by atoms with Gasteiger partial charge < -0.3 is 19.1 Å². The highest BCUT2D eigenvalue weighted by Gasteiger charge is 2.24. The Bertz CT molecular complexity index is 521. The molecule has 0 aliphatic rings. The van der Waals surface area contributed by atoms with E-state index in [2.05, 4.69) is 21.0 Å². The van der Waals surface area contributed by atoms with Gasteiger partial charge in [-0.1, -0.05) is 110 Å². The molecular formula is C31H61NO4. The van der Waals surface area contributed by atoms with E-state index in [0.29, 0.717) is 12.8 Å². The van der Waals surface area contributed by atoms with Crippen molar-refractivity contribution in [1.29, 1.82) is 0 Å². The number of aliphatic carboxylic acids is 1. The Hall–Kier alpha value is -1.10. The van der Waals surface area contributed by atoms with Gasteiger partial charge in [0.25, 0.3) is 0 Å². The fraction of sp³-hybridized carbons (Fsp3) is 0.935. The molecule has 0 saturated heterocycles. The van der Waals surface area contributed by atoms with E-state index in [0.717, 1.165) is 43.3 Å². The molecule has 36 heavy (non-hydrogen) atoms. The van der Waals surface area contributed by atoms with E-state index in [1.807, 2.05) is 6.92 Å². The number of nitrogens with zero attached hydrogens (tertiary/aromatic N) is 1. The highest BCUT2D eigenvalue weighted by molar-refractivity contribution is 5.69. The number of unbranched alkanes of at least 4 members (excludes halogenated alkanes) is 17. The minimum absolute atomic E-state index is 0.0256. The number of carboxylic acids is 1. The first kappa shape index (κ1) is 34.9. The van der Waals surface area contributed by atoms with E-state index in [1.165, 1.54) is 96.3 Å². The SMILES string of the molecule is CCCCCCCCCCCCCCCCCCC(C[N+](C)(C)CCCCCC(=O)[O-])OC(=O)CC. The second kappa shape index (κ2) is 24.2. The van der Waals surface area contributed by atoms with Crippen molar-refractivity contribution in [1.82, 2.24) is 0 Å². The Morgan fingerprint density at radius 1 is 0.667 bits per heavy atom. The zero-order valence-electron chi connectivity index (χ0n) is 24.6. The average Bonchev–Trinajstić information content (AvgIpc) is 2.82. The largest absolute Gasteiger partial charge is 0.550 e. The van der Waals surface area contributed by atoms with Gasteiger partial charge in [-0.15, -0.1) is 0 Å². The van der Waals surface area contributed by atoms with Crippen molar-refractivity contribution in [2.45, 2.75) is 161 Å². The van der Waals surface area contributed by atoms with Crippen LogP contribution in [0.2, 0.25) is 0 Å². The molecule has 214 valence electrons. The third kappa shape index (κ3) is 24.6. The summed E-state index contributed by atoms with van der Waals surface area (Å²) in [6.07, 6.45) is 25.8. The van der Waals surface area contributed by atoms with Crippen LogP contribution >= 0.6 is 0 Å². The molecule has 0 fully saturated rings. The third-order valence-electron chi connectivity index (χ3n) is 7.31. The quantitative estimate of drug-likeness (QED) is 0.0657. The van der Waals surface area contributed by atoms with Crippen LogP contribution in [-0.4, -0.2) is 49.7 Å². The summed E-state index contributed by atoms with van der Waals surface area (Å²) >= 11 is 0. The van der Waals surface area contributed by atoms with Gasteiger partial charge in [-0.3, -0.25) is 4.79 Å². The van der Waals surface area contributed by atoms with E-state index in [1.54, 1.807) is 0 Å². The fourth-order valence-electron chi connectivity index (χ4n) is 5.01. The summed E-state index contributed by atoms with van der Waals surface area (Å²) in [5.74, 6) is -1.07. The van der Waals surface area contributed by atoms with Gasteiger partial charge in [-0.2, -0.15) is 0 Å². The molecule has 0 aliphatic carbocycles. The molecular weight excluding hydrogens is 450 g/mol. The number of carbonyl (C=O) groups is 2. The number of esters is 1. The lowest BCUT2D eigenvalue weighted by atomic mass is 10.0. The summed E-state index contributed by atoms with van der Waals surface area (Å²) in [5.41, 5.74) is 0. The van der Waals surface area contributed by atoms with E-state index >= 15 is 0 Å². The van der Waals surface area contributed by atoms with Crippen molar-refractivity contribution in [3.05, 3.63) is 0 Å². The Kier molecular flexibility index (Phi) is 23.5. The van der Waals surface area contributed by atoms with Crippen LogP contribution < -0.4 is 5.11 Å². The van der Waals surface area contributed by atoms with Crippen LogP contribution in [0.4, 0.5) is 0 Å². The first-order valence-electron chi connectivity index (χ1n) is 15.5. The van der Waals surface area contributed by atoms with Crippen molar-refractivity contribution in [3.8, 4) is 0 Å². The number of rotatable bonds is 27. The van der Waals surface area contributed by atoms with E-state index in [9.17, 15) is 14.7 Å². The Balaban J connectivity index is 3.87. The van der Waals surface area contributed by atoms with Crippen LogP contribution in [0.1, 0.15) is 155 Å². The van der Waals surface area contributed by atoms with Gasteiger partial charge in [0.05, 0.1) is 20.6 Å². The predicted molar refractivity (Wildman–Crippen MR) is 150 cm³/mol. The summed E-state index contributed by atoms with van der Waals surface area (Å²) in [7, 11) is 4.36. The highest BCUT2D eigenvalue weighted by Crippen LogP contribution is 2.17. The average molecular weight is 512 g/mol. The number of hydrogen-bond donors (Lipinski definition) is 0. The topological polar surface area (TPSA) is 66.4 Å². The molecule has 0 bridgehead atoms. The van der Waals surface area contributed by atoms with Crippen LogP contribution in [0.3, 0.4) is 0 Å². The van der Waals surface area contributed by atoms with Crippen LogP contribution in [0.25, 0.3) is 0 Å². The summed E-state index contributed by atoms with van der Waals surface area (Å²) < 4.78 is 6.58. The number of quaternary nitrogens is 1. The zero-order valence-corrected chi connectivity index (χ0v) is 24.6. The molecule has 0 aromatic rings. The van der Waals surface area contributed by atoms with Gasteiger partial charge in [0.15, 0.2) is 6.10 Å². The number of likely N-dealkylation sites (N-methyl/N-ethyl adjacent to an activating group) is 1. The summed E-state index contributed by atoms with van der Waals surface area (Å²) in [6.45, 7) is 5.92. The molecule has 0 rings (SSSR count). The summed E-state index contributed by atoms with van der Waals surface area (Å²) in [6, 6.07) is 0. The third-order valence-corrected chi connectivity index (χ3v) is 7.31. The lowest BCUT2D eigenvalue weighted by molar-refractivity contribution is -0.893. The van der Waals surface area contributed by atoms with E-state index < -0.39 is 5.97 Å². The van der Waals surface area contributed by atoms with Gasteiger partial charge in [0.2, 0.25) is 0 Å². The lowest BCUT2D eigenvalue weighted by Crippen LogP contribution is -2.47. The van der Waals surface area contributed by atoms with Crippen LogP contribution in [0, 0.1) is 0 Å². The second-order valence-corrected chi connectivity index (χ2v) is 11.6. The van der Waals surface area contributed by atoms with Crippen molar-refractivity contribution < 1.29 is 23.9 Å². The Labute approximate surface area is 224 Å². The van der Waals surface area contributed by atoms with Crippen molar-refractivity contribution in [2.24, 2.45) is 0 Å². The van der Waals surface area contributed by atoms with Crippen LogP contribution in [-0.2, 0) is 14.3 Å². The maximum atomic E-state index is 12.0. The van der Waals surface area contributed by atoms with Crippen LogP contribution in [0.15, 0.2) is 0 Å². The summed E-state index contributed by atoms with van der Waals surface area (Å²) in [4.78, 5) is 22.5.